The molecule has 2 heterocycles. The molecule has 0 radical (unpaired) electrons. The summed E-state index contributed by atoms with van der Waals surface area (Å²) in [6, 6.07) is 1.89. The van der Waals surface area contributed by atoms with Crippen LogP contribution in [0.25, 0.3) is 0 Å². The molecule has 0 unspecified atom stereocenters. The molecule has 2 aromatic rings. The minimum absolute atomic E-state index is 0.131. The van der Waals surface area contributed by atoms with E-state index in [1.807, 2.05) is 32.0 Å². The summed E-state index contributed by atoms with van der Waals surface area (Å²) >= 11 is 0. The van der Waals surface area contributed by atoms with Gasteiger partial charge in [-0.1, -0.05) is 0 Å². The number of aryl methyl sites for hydroxylation is 1. The van der Waals surface area contributed by atoms with Crippen molar-refractivity contribution < 1.29 is 4.79 Å². The van der Waals surface area contributed by atoms with E-state index >= 15 is 0 Å². The molecule has 0 aliphatic heterocycles. The zero-order chi connectivity index (χ0) is 14.5. The van der Waals surface area contributed by atoms with Crippen molar-refractivity contribution in [1.82, 2.24) is 30.0 Å². The predicted octanol–water partition coefficient (Wildman–Crippen LogP) is -0.241. The normalized spacial score (nSPS) is 10.3. The molecule has 8 nitrogen and oxygen atoms in total. The van der Waals surface area contributed by atoms with Crippen LogP contribution in [0.15, 0.2) is 18.7 Å². The summed E-state index contributed by atoms with van der Waals surface area (Å²) in [6.07, 6.45) is 2.88. The van der Waals surface area contributed by atoms with Gasteiger partial charge in [0.15, 0.2) is 0 Å². The molecule has 0 aliphatic rings. The van der Waals surface area contributed by atoms with Gasteiger partial charge >= 0.3 is 0 Å². The van der Waals surface area contributed by atoms with Gasteiger partial charge in [0.2, 0.25) is 5.91 Å². The topological polar surface area (TPSA) is 88.8 Å². The van der Waals surface area contributed by atoms with Crippen molar-refractivity contribution >= 4 is 11.7 Å². The summed E-state index contributed by atoms with van der Waals surface area (Å²) in [4.78, 5) is 26.1. The number of carbonyl (C=O) groups excluding carboxylic acids is 1. The fourth-order valence-corrected chi connectivity index (χ4v) is 1.62. The molecule has 0 atom stereocenters. The van der Waals surface area contributed by atoms with E-state index in [1.54, 1.807) is 0 Å². The minimum atomic E-state index is -0.160. The maximum atomic E-state index is 11.7. The average molecular weight is 275 g/mol. The second kappa shape index (κ2) is 6.09. The summed E-state index contributed by atoms with van der Waals surface area (Å²) < 4.78 is 1.46. The van der Waals surface area contributed by atoms with Crippen LogP contribution < -0.4 is 10.2 Å². The molecule has 1 amide bonds. The largest absolute Gasteiger partial charge is 0.363 e. The minimum Gasteiger partial charge on any atom is -0.363 e. The third-order valence-corrected chi connectivity index (χ3v) is 2.56. The second-order valence-electron chi connectivity index (χ2n) is 4.55. The molecule has 0 aliphatic carbocycles. The Morgan fingerprint density at radius 2 is 2.20 bits per heavy atom. The maximum absolute atomic E-state index is 11.7. The Morgan fingerprint density at radius 3 is 2.85 bits per heavy atom. The monoisotopic (exact) mass is 275 g/mol. The van der Waals surface area contributed by atoms with Gasteiger partial charge in [-0.15, -0.1) is 0 Å². The first kappa shape index (κ1) is 13.9. The van der Waals surface area contributed by atoms with Crippen LogP contribution >= 0.6 is 0 Å². The first-order chi connectivity index (χ1) is 9.54. The molecule has 20 heavy (non-hydrogen) atoms. The van der Waals surface area contributed by atoms with Crippen molar-refractivity contribution in [3.63, 3.8) is 0 Å². The molecule has 0 spiro atoms. The molecule has 0 fully saturated rings. The molecule has 0 saturated carbocycles. The third-order valence-electron chi connectivity index (χ3n) is 2.56. The van der Waals surface area contributed by atoms with Crippen LogP contribution in [0, 0.1) is 6.92 Å². The maximum Gasteiger partial charge on any atom is 0.242 e. The van der Waals surface area contributed by atoms with Crippen molar-refractivity contribution in [2.75, 3.05) is 19.0 Å². The summed E-state index contributed by atoms with van der Waals surface area (Å²) in [5.41, 5.74) is 0.865. The number of carbonyl (C=O) groups is 1. The lowest BCUT2D eigenvalue weighted by Gasteiger charge is -2.13. The van der Waals surface area contributed by atoms with Gasteiger partial charge in [-0.2, -0.15) is 5.10 Å². The highest BCUT2D eigenvalue weighted by atomic mass is 16.2. The van der Waals surface area contributed by atoms with E-state index < -0.39 is 0 Å². The summed E-state index contributed by atoms with van der Waals surface area (Å²) in [6.45, 7) is 2.32. The Morgan fingerprint density at radius 1 is 1.40 bits per heavy atom. The van der Waals surface area contributed by atoms with Gasteiger partial charge in [0.05, 0.1) is 6.54 Å². The summed E-state index contributed by atoms with van der Waals surface area (Å²) in [7, 11) is 3.82. The SMILES string of the molecule is Cc1cc(N(C)C)nc(CNC(=O)Cn2cncn2)n1. The quantitative estimate of drug-likeness (QED) is 0.810. The second-order valence-corrected chi connectivity index (χ2v) is 4.55. The van der Waals surface area contributed by atoms with E-state index in [0.717, 1.165) is 11.5 Å². The first-order valence-electron chi connectivity index (χ1n) is 6.15. The van der Waals surface area contributed by atoms with Gasteiger partial charge in [-0.25, -0.2) is 19.6 Å². The van der Waals surface area contributed by atoms with E-state index in [-0.39, 0.29) is 19.0 Å². The fourth-order valence-electron chi connectivity index (χ4n) is 1.62. The number of aromatic nitrogens is 5. The lowest BCUT2D eigenvalue weighted by Crippen LogP contribution is -2.28. The number of hydrogen-bond acceptors (Lipinski definition) is 6. The molecule has 1 N–H and O–H groups in total. The van der Waals surface area contributed by atoms with Crippen LogP contribution in [0.3, 0.4) is 0 Å². The van der Waals surface area contributed by atoms with Gasteiger partial charge in [0.1, 0.15) is 30.8 Å². The average Bonchev–Trinajstić information content (AvgIpc) is 2.88. The Labute approximate surface area is 116 Å². The van der Waals surface area contributed by atoms with Gasteiger partial charge < -0.3 is 10.2 Å². The summed E-state index contributed by atoms with van der Waals surface area (Å²) in [5, 5.41) is 6.63. The molecule has 2 aromatic heterocycles. The van der Waals surface area contributed by atoms with E-state index in [4.69, 9.17) is 0 Å². The molecule has 106 valence electrons. The van der Waals surface area contributed by atoms with E-state index in [2.05, 4.69) is 25.4 Å². The van der Waals surface area contributed by atoms with Crippen LogP contribution in [-0.4, -0.2) is 44.7 Å². The highest BCUT2D eigenvalue weighted by molar-refractivity contribution is 5.75. The first-order valence-corrected chi connectivity index (χ1v) is 6.15. The number of rotatable bonds is 5. The number of amides is 1. The van der Waals surface area contributed by atoms with Crippen molar-refractivity contribution in [3.8, 4) is 0 Å². The smallest absolute Gasteiger partial charge is 0.242 e. The van der Waals surface area contributed by atoms with Gasteiger partial charge in [-0.3, -0.25) is 4.79 Å². The number of anilines is 1. The Balaban J connectivity index is 1.95. The number of hydrogen-bond donors (Lipinski definition) is 1. The van der Waals surface area contributed by atoms with Crippen molar-refractivity contribution in [2.24, 2.45) is 0 Å². The van der Waals surface area contributed by atoms with Gasteiger partial charge in [0, 0.05) is 25.9 Å². The molecular weight excluding hydrogens is 258 g/mol. The van der Waals surface area contributed by atoms with E-state index in [0.29, 0.717) is 5.82 Å². The van der Waals surface area contributed by atoms with Crippen molar-refractivity contribution in [1.29, 1.82) is 0 Å². The van der Waals surface area contributed by atoms with Crippen LogP contribution in [0.1, 0.15) is 11.5 Å². The molecule has 0 saturated heterocycles. The van der Waals surface area contributed by atoms with Gasteiger partial charge in [0.25, 0.3) is 0 Å². The third kappa shape index (κ3) is 3.74. The zero-order valence-corrected chi connectivity index (χ0v) is 11.7. The highest BCUT2D eigenvalue weighted by Gasteiger charge is 2.07. The fraction of sp³-hybridized carbons (Fsp3) is 0.417. The Kier molecular flexibility index (Phi) is 4.24. The van der Waals surface area contributed by atoms with Crippen LogP contribution in [0.5, 0.6) is 0 Å². The molecular formula is C12H17N7O. The molecule has 0 bridgehead atoms. The number of nitrogens with one attached hydrogen (secondary N) is 1. The standard InChI is InChI=1S/C12H17N7O/c1-9-4-11(18(2)3)17-10(16-9)5-14-12(20)6-19-8-13-7-15-19/h4,7-8H,5-6H2,1-3H3,(H,14,20). The van der Waals surface area contributed by atoms with Crippen LogP contribution in [-0.2, 0) is 17.9 Å². The van der Waals surface area contributed by atoms with Crippen LogP contribution in [0.4, 0.5) is 5.82 Å². The molecule has 0 aromatic carbocycles. The lowest BCUT2D eigenvalue weighted by molar-refractivity contribution is -0.122. The zero-order valence-electron chi connectivity index (χ0n) is 11.7. The van der Waals surface area contributed by atoms with Crippen molar-refractivity contribution in [2.45, 2.75) is 20.0 Å². The Hall–Kier alpha value is -2.51. The predicted molar refractivity (Wildman–Crippen MR) is 73.0 cm³/mol. The number of nitrogens with zero attached hydrogens (tertiary/aromatic N) is 6. The molecule has 8 heteroatoms. The van der Waals surface area contributed by atoms with E-state index in [1.165, 1.54) is 17.3 Å². The Bertz CT molecular complexity index is 579. The van der Waals surface area contributed by atoms with Crippen LogP contribution in [0.2, 0.25) is 0 Å². The van der Waals surface area contributed by atoms with Crippen molar-refractivity contribution in [3.05, 3.63) is 30.2 Å². The van der Waals surface area contributed by atoms with E-state index in [9.17, 15) is 4.79 Å². The highest BCUT2D eigenvalue weighted by Crippen LogP contribution is 2.08. The lowest BCUT2D eigenvalue weighted by atomic mass is 10.4. The summed E-state index contributed by atoms with van der Waals surface area (Å²) in [5.74, 6) is 1.24. The molecule has 2 rings (SSSR count). The van der Waals surface area contributed by atoms with Gasteiger partial charge in [-0.05, 0) is 6.92 Å².